The Kier molecular flexibility index (Phi) is 4.54. The molecule has 84 valence electrons. The quantitative estimate of drug-likeness (QED) is 0.691. The fraction of sp³-hybridized carbons (Fsp3) is 1.00. The second-order valence-corrected chi connectivity index (χ2v) is 5.09. The first-order valence-electron chi connectivity index (χ1n) is 4.90. The predicted molar refractivity (Wildman–Crippen MR) is 52.8 cm³/mol. The molecule has 0 unspecified atom stereocenters. The molecule has 1 aliphatic heterocycles. The van der Waals surface area contributed by atoms with Gasteiger partial charge in [-0.3, -0.25) is 4.52 Å². The molecule has 0 aromatic carbocycles. The van der Waals surface area contributed by atoms with Gasteiger partial charge in [0, 0.05) is 6.54 Å². The van der Waals surface area contributed by atoms with Gasteiger partial charge in [-0.1, -0.05) is 6.92 Å². The second kappa shape index (κ2) is 5.24. The van der Waals surface area contributed by atoms with Crippen molar-refractivity contribution in [1.29, 1.82) is 0 Å². The molecule has 0 bridgehead atoms. The van der Waals surface area contributed by atoms with E-state index >= 15 is 0 Å². The molecule has 0 radical (unpaired) electrons. The molecule has 0 aromatic rings. The first-order valence-corrected chi connectivity index (χ1v) is 6.43. The van der Waals surface area contributed by atoms with E-state index in [1.165, 1.54) is 0 Å². The summed E-state index contributed by atoms with van der Waals surface area (Å²) < 4.78 is 14.8. The fourth-order valence-electron chi connectivity index (χ4n) is 1.57. The molecule has 0 aromatic heterocycles. The fourth-order valence-corrected chi connectivity index (χ4v) is 1.89. The summed E-state index contributed by atoms with van der Waals surface area (Å²) in [7, 11) is -4.27. The molecule has 14 heavy (non-hydrogen) atoms. The molecule has 2 N–H and O–H groups in total. The zero-order valence-corrected chi connectivity index (χ0v) is 9.32. The number of hydrogen-bond acceptors (Lipinski definition) is 3. The number of phosphoric acid groups is 1. The summed E-state index contributed by atoms with van der Waals surface area (Å²) in [6.45, 7) is 4.96. The third kappa shape index (κ3) is 5.08. The Morgan fingerprint density at radius 1 is 1.43 bits per heavy atom. The Hall–Kier alpha value is 0.0700. The van der Waals surface area contributed by atoms with Crippen molar-refractivity contribution in [2.75, 3.05) is 26.2 Å². The maximum absolute atomic E-state index is 10.4. The van der Waals surface area contributed by atoms with Gasteiger partial charge in [-0.15, -0.1) is 0 Å². The van der Waals surface area contributed by atoms with Crippen LogP contribution in [0.1, 0.15) is 19.8 Å². The molecule has 0 amide bonds. The lowest BCUT2D eigenvalue weighted by molar-refractivity contribution is 0.137. The van der Waals surface area contributed by atoms with E-state index in [-0.39, 0.29) is 6.61 Å². The zero-order valence-electron chi connectivity index (χ0n) is 8.43. The van der Waals surface area contributed by atoms with Gasteiger partial charge in [-0.25, -0.2) is 4.57 Å². The van der Waals surface area contributed by atoms with E-state index in [2.05, 4.69) is 16.3 Å². The van der Waals surface area contributed by atoms with Gasteiger partial charge in [0.25, 0.3) is 0 Å². The lowest BCUT2D eigenvalue weighted by Gasteiger charge is -2.29. The smallest absolute Gasteiger partial charge is 0.303 e. The van der Waals surface area contributed by atoms with Crippen LogP contribution in [0.3, 0.4) is 0 Å². The molecular formula is C8H18NO4P. The van der Waals surface area contributed by atoms with Gasteiger partial charge < -0.3 is 14.7 Å². The van der Waals surface area contributed by atoms with Crippen molar-refractivity contribution in [3.8, 4) is 0 Å². The van der Waals surface area contributed by atoms with Crippen LogP contribution in [-0.2, 0) is 9.09 Å². The SMILES string of the molecule is CC1CCN(CCOP(=O)(O)O)CC1. The second-order valence-electron chi connectivity index (χ2n) is 3.85. The Morgan fingerprint density at radius 2 is 2.00 bits per heavy atom. The van der Waals surface area contributed by atoms with Gasteiger partial charge in [0.05, 0.1) is 6.61 Å². The average Bonchev–Trinajstić information content (AvgIpc) is 2.06. The third-order valence-electron chi connectivity index (χ3n) is 2.54. The van der Waals surface area contributed by atoms with Crippen LogP contribution >= 0.6 is 7.82 Å². The van der Waals surface area contributed by atoms with Crippen molar-refractivity contribution < 1.29 is 18.9 Å². The highest BCUT2D eigenvalue weighted by atomic mass is 31.2. The number of rotatable bonds is 4. The maximum atomic E-state index is 10.4. The van der Waals surface area contributed by atoms with E-state index in [9.17, 15) is 4.57 Å². The molecule has 1 saturated heterocycles. The summed E-state index contributed by atoms with van der Waals surface area (Å²) in [4.78, 5) is 19.1. The highest BCUT2D eigenvalue weighted by molar-refractivity contribution is 7.46. The number of nitrogens with zero attached hydrogens (tertiary/aromatic N) is 1. The van der Waals surface area contributed by atoms with E-state index in [0.29, 0.717) is 6.54 Å². The van der Waals surface area contributed by atoms with Crippen molar-refractivity contribution in [2.24, 2.45) is 5.92 Å². The lowest BCUT2D eigenvalue weighted by atomic mass is 9.99. The van der Waals surface area contributed by atoms with Gasteiger partial charge in [0.15, 0.2) is 0 Å². The average molecular weight is 223 g/mol. The van der Waals surface area contributed by atoms with Crippen LogP contribution in [0.15, 0.2) is 0 Å². The van der Waals surface area contributed by atoms with Gasteiger partial charge in [0.2, 0.25) is 0 Å². The van der Waals surface area contributed by atoms with E-state index in [1.807, 2.05) is 0 Å². The first-order chi connectivity index (χ1) is 6.47. The largest absolute Gasteiger partial charge is 0.469 e. The lowest BCUT2D eigenvalue weighted by Crippen LogP contribution is -2.35. The molecule has 1 heterocycles. The molecule has 0 spiro atoms. The van der Waals surface area contributed by atoms with Crippen LogP contribution in [0.5, 0.6) is 0 Å². The number of piperidine rings is 1. The summed E-state index contributed by atoms with van der Waals surface area (Å²) in [5.41, 5.74) is 0. The van der Waals surface area contributed by atoms with E-state index in [1.54, 1.807) is 0 Å². The molecule has 1 fully saturated rings. The summed E-state index contributed by atoms with van der Waals surface area (Å²) in [6, 6.07) is 0. The van der Waals surface area contributed by atoms with Crippen molar-refractivity contribution in [2.45, 2.75) is 19.8 Å². The van der Waals surface area contributed by atoms with Crippen LogP contribution in [-0.4, -0.2) is 40.9 Å². The van der Waals surface area contributed by atoms with Crippen LogP contribution in [0, 0.1) is 5.92 Å². The van der Waals surface area contributed by atoms with Crippen molar-refractivity contribution >= 4 is 7.82 Å². The van der Waals surface area contributed by atoms with Gasteiger partial charge >= 0.3 is 7.82 Å². The van der Waals surface area contributed by atoms with E-state index < -0.39 is 7.82 Å². The Morgan fingerprint density at radius 3 is 2.50 bits per heavy atom. The Labute approximate surface area is 84.3 Å². The van der Waals surface area contributed by atoms with Crippen LogP contribution in [0.2, 0.25) is 0 Å². The third-order valence-corrected chi connectivity index (χ3v) is 3.06. The Balaban J connectivity index is 2.11. The van der Waals surface area contributed by atoms with Gasteiger partial charge in [-0.2, -0.15) is 0 Å². The van der Waals surface area contributed by atoms with Gasteiger partial charge in [-0.05, 0) is 31.8 Å². The molecule has 1 rings (SSSR count). The van der Waals surface area contributed by atoms with Crippen LogP contribution < -0.4 is 0 Å². The Bertz CT molecular complexity index is 209. The molecule has 6 heteroatoms. The van der Waals surface area contributed by atoms with E-state index in [4.69, 9.17) is 9.79 Å². The molecule has 5 nitrogen and oxygen atoms in total. The molecule has 0 atom stereocenters. The van der Waals surface area contributed by atoms with Crippen molar-refractivity contribution in [1.82, 2.24) is 4.90 Å². The minimum atomic E-state index is -4.27. The highest BCUT2D eigenvalue weighted by Gasteiger charge is 2.17. The number of likely N-dealkylation sites (tertiary alicyclic amines) is 1. The summed E-state index contributed by atoms with van der Waals surface area (Å²) >= 11 is 0. The van der Waals surface area contributed by atoms with Crippen molar-refractivity contribution in [3.63, 3.8) is 0 Å². The molecular weight excluding hydrogens is 205 g/mol. The van der Waals surface area contributed by atoms with Gasteiger partial charge in [0.1, 0.15) is 0 Å². The highest BCUT2D eigenvalue weighted by Crippen LogP contribution is 2.35. The summed E-state index contributed by atoms with van der Waals surface area (Å²) in [5.74, 6) is 0.772. The minimum Gasteiger partial charge on any atom is -0.303 e. The summed E-state index contributed by atoms with van der Waals surface area (Å²) in [5, 5.41) is 0. The van der Waals surface area contributed by atoms with Crippen LogP contribution in [0.25, 0.3) is 0 Å². The van der Waals surface area contributed by atoms with Crippen LogP contribution in [0.4, 0.5) is 0 Å². The zero-order chi connectivity index (χ0) is 10.6. The maximum Gasteiger partial charge on any atom is 0.469 e. The van der Waals surface area contributed by atoms with E-state index in [0.717, 1.165) is 31.8 Å². The number of hydrogen-bond donors (Lipinski definition) is 2. The minimum absolute atomic E-state index is 0.110. The molecule has 0 saturated carbocycles. The summed E-state index contributed by atoms with van der Waals surface area (Å²) in [6.07, 6.45) is 2.33. The predicted octanol–water partition coefficient (Wildman–Crippen LogP) is 0.828. The monoisotopic (exact) mass is 223 g/mol. The van der Waals surface area contributed by atoms with Crippen molar-refractivity contribution in [3.05, 3.63) is 0 Å². The molecule has 1 aliphatic rings. The molecule has 0 aliphatic carbocycles. The first kappa shape index (κ1) is 12.1. The number of phosphoric ester groups is 1. The standard InChI is InChI=1S/C8H18NO4P/c1-8-2-4-9(5-3-8)6-7-13-14(10,11)12/h8H,2-7H2,1H3,(H2,10,11,12). The topological polar surface area (TPSA) is 70.0 Å². The normalized spacial score (nSPS) is 21.4.